The van der Waals surface area contributed by atoms with Crippen molar-refractivity contribution in [1.82, 2.24) is 5.32 Å². The molecule has 1 aliphatic carbocycles. The topological polar surface area (TPSA) is 47.6 Å². The fraction of sp³-hybridized carbons (Fsp3) is 0.933. The molecule has 2 fully saturated rings. The van der Waals surface area contributed by atoms with E-state index in [-0.39, 0.29) is 12.1 Å². The lowest BCUT2D eigenvalue weighted by atomic mass is 9.84. The molecule has 4 heteroatoms. The fourth-order valence-corrected chi connectivity index (χ4v) is 3.49. The minimum Gasteiger partial charge on any atom is -0.468 e. The summed E-state index contributed by atoms with van der Waals surface area (Å²) in [7, 11) is 1.49. The molecule has 2 aliphatic rings. The lowest BCUT2D eigenvalue weighted by Crippen LogP contribution is -2.60. The van der Waals surface area contributed by atoms with Crippen LogP contribution >= 0.6 is 0 Å². The minimum atomic E-state index is -0.512. The maximum atomic E-state index is 12.3. The molecule has 2 atom stereocenters. The molecule has 1 heterocycles. The van der Waals surface area contributed by atoms with Crippen molar-refractivity contribution in [2.24, 2.45) is 0 Å². The van der Waals surface area contributed by atoms with Gasteiger partial charge in [0.2, 0.25) is 0 Å². The molecule has 0 aromatic heterocycles. The SMILES string of the molecule is CCCC1CC(NC2CCCC2)(C(=O)OC)CCO1. The van der Waals surface area contributed by atoms with Crippen molar-refractivity contribution in [2.75, 3.05) is 13.7 Å². The summed E-state index contributed by atoms with van der Waals surface area (Å²) in [6.45, 7) is 2.81. The van der Waals surface area contributed by atoms with Gasteiger partial charge in [0.15, 0.2) is 0 Å². The Kier molecular flexibility index (Phi) is 5.22. The Hall–Kier alpha value is -0.610. The highest BCUT2D eigenvalue weighted by Gasteiger charge is 2.45. The summed E-state index contributed by atoms with van der Waals surface area (Å²) in [5.41, 5.74) is -0.512. The molecule has 2 unspecified atom stereocenters. The van der Waals surface area contributed by atoms with E-state index in [4.69, 9.17) is 9.47 Å². The predicted octanol–water partition coefficient (Wildman–Crippen LogP) is 2.41. The molecular formula is C15H27NO3. The van der Waals surface area contributed by atoms with Crippen molar-refractivity contribution < 1.29 is 14.3 Å². The van der Waals surface area contributed by atoms with Gasteiger partial charge in [0.25, 0.3) is 0 Å². The molecule has 0 bridgehead atoms. The van der Waals surface area contributed by atoms with Crippen molar-refractivity contribution in [3.8, 4) is 0 Å². The Bertz CT molecular complexity index is 300. The van der Waals surface area contributed by atoms with Crippen molar-refractivity contribution >= 4 is 5.97 Å². The van der Waals surface area contributed by atoms with Crippen LogP contribution in [0.1, 0.15) is 58.3 Å². The average Bonchev–Trinajstić information content (AvgIpc) is 2.91. The molecule has 2 rings (SSSR count). The Balaban J connectivity index is 2.06. The number of ether oxygens (including phenoxy) is 2. The van der Waals surface area contributed by atoms with Crippen LogP contribution in [0.2, 0.25) is 0 Å². The van der Waals surface area contributed by atoms with Crippen molar-refractivity contribution in [3.05, 3.63) is 0 Å². The molecule has 0 amide bonds. The molecule has 1 N–H and O–H groups in total. The first-order valence-corrected chi connectivity index (χ1v) is 7.68. The summed E-state index contributed by atoms with van der Waals surface area (Å²) in [5, 5.41) is 3.62. The summed E-state index contributed by atoms with van der Waals surface area (Å²) in [4.78, 5) is 12.3. The zero-order valence-corrected chi connectivity index (χ0v) is 12.2. The van der Waals surface area contributed by atoms with Crippen molar-refractivity contribution in [1.29, 1.82) is 0 Å². The van der Waals surface area contributed by atoms with Crippen LogP contribution in [0.3, 0.4) is 0 Å². The number of methoxy groups -OCH3 is 1. The largest absolute Gasteiger partial charge is 0.468 e. The normalized spacial score (nSPS) is 32.4. The zero-order valence-electron chi connectivity index (χ0n) is 12.2. The van der Waals surface area contributed by atoms with Gasteiger partial charge in [-0.1, -0.05) is 26.2 Å². The maximum Gasteiger partial charge on any atom is 0.326 e. The molecular weight excluding hydrogens is 242 g/mol. The quantitative estimate of drug-likeness (QED) is 0.779. The van der Waals surface area contributed by atoms with E-state index in [0.717, 1.165) is 25.7 Å². The Morgan fingerprint density at radius 3 is 2.79 bits per heavy atom. The van der Waals surface area contributed by atoms with Gasteiger partial charge in [-0.05, 0) is 25.7 Å². The van der Waals surface area contributed by atoms with E-state index >= 15 is 0 Å². The molecule has 0 spiro atoms. The van der Waals surface area contributed by atoms with Crippen LogP contribution in [0.5, 0.6) is 0 Å². The van der Waals surface area contributed by atoms with Crippen LogP contribution < -0.4 is 5.32 Å². The van der Waals surface area contributed by atoms with Gasteiger partial charge < -0.3 is 9.47 Å². The lowest BCUT2D eigenvalue weighted by Gasteiger charge is -2.41. The van der Waals surface area contributed by atoms with Gasteiger partial charge in [-0.15, -0.1) is 0 Å². The van der Waals surface area contributed by atoms with Crippen LogP contribution in [0.4, 0.5) is 0 Å². The number of esters is 1. The van der Waals surface area contributed by atoms with Gasteiger partial charge in [-0.3, -0.25) is 10.1 Å². The molecule has 1 saturated carbocycles. The summed E-state index contributed by atoms with van der Waals surface area (Å²) >= 11 is 0. The molecule has 0 aromatic rings. The number of rotatable bonds is 5. The second kappa shape index (κ2) is 6.71. The molecule has 4 nitrogen and oxygen atoms in total. The van der Waals surface area contributed by atoms with E-state index in [9.17, 15) is 4.79 Å². The highest BCUT2D eigenvalue weighted by Crippen LogP contribution is 2.31. The van der Waals surface area contributed by atoms with E-state index in [1.165, 1.54) is 32.8 Å². The van der Waals surface area contributed by atoms with Crippen LogP contribution in [0.25, 0.3) is 0 Å². The Morgan fingerprint density at radius 2 is 2.16 bits per heavy atom. The van der Waals surface area contributed by atoms with Gasteiger partial charge in [-0.25, -0.2) is 0 Å². The van der Waals surface area contributed by atoms with Gasteiger partial charge >= 0.3 is 5.97 Å². The predicted molar refractivity (Wildman–Crippen MR) is 74.0 cm³/mol. The van der Waals surface area contributed by atoms with Gasteiger partial charge in [0.1, 0.15) is 5.54 Å². The average molecular weight is 269 g/mol. The Morgan fingerprint density at radius 1 is 1.42 bits per heavy atom. The third kappa shape index (κ3) is 3.48. The summed E-state index contributed by atoms with van der Waals surface area (Å²) in [6.07, 6.45) is 8.67. The van der Waals surface area contributed by atoms with E-state index in [0.29, 0.717) is 12.6 Å². The van der Waals surface area contributed by atoms with Crippen molar-refractivity contribution in [2.45, 2.75) is 76.0 Å². The van der Waals surface area contributed by atoms with E-state index in [1.807, 2.05) is 0 Å². The first-order chi connectivity index (χ1) is 9.20. The van der Waals surface area contributed by atoms with E-state index in [2.05, 4.69) is 12.2 Å². The van der Waals surface area contributed by atoms with Crippen LogP contribution in [0.15, 0.2) is 0 Å². The third-order valence-electron chi connectivity index (χ3n) is 4.48. The molecule has 1 aliphatic heterocycles. The summed E-state index contributed by atoms with van der Waals surface area (Å²) < 4.78 is 10.9. The first-order valence-electron chi connectivity index (χ1n) is 7.68. The van der Waals surface area contributed by atoms with E-state index in [1.54, 1.807) is 0 Å². The summed E-state index contributed by atoms with van der Waals surface area (Å²) in [6, 6.07) is 0.472. The fourth-order valence-electron chi connectivity index (χ4n) is 3.49. The molecule has 110 valence electrons. The highest BCUT2D eigenvalue weighted by atomic mass is 16.5. The smallest absolute Gasteiger partial charge is 0.326 e. The lowest BCUT2D eigenvalue weighted by molar-refractivity contribution is -0.156. The minimum absolute atomic E-state index is 0.108. The van der Waals surface area contributed by atoms with Crippen molar-refractivity contribution in [3.63, 3.8) is 0 Å². The van der Waals surface area contributed by atoms with Gasteiger partial charge in [0.05, 0.1) is 13.2 Å². The van der Waals surface area contributed by atoms with Crippen LogP contribution in [-0.2, 0) is 14.3 Å². The standard InChI is InChI=1S/C15H27NO3/c1-3-6-13-11-15(9-10-19-13,14(17)18-2)16-12-7-4-5-8-12/h12-13,16H,3-11H2,1-2H3. The van der Waals surface area contributed by atoms with Gasteiger partial charge in [0, 0.05) is 19.1 Å². The number of carbonyl (C=O) groups excluding carboxylic acids is 1. The number of hydrogen-bond acceptors (Lipinski definition) is 4. The molecule has 1 saturated heterocycles. The monoisotopic (exact) mass is 269 g/mol. The number of hydrogen-bond donors (Lipinski definition) is 1. The van der Waals surface area contributed by atoms with Crippen LogP contribution in [-0.4, -0.2) is 37.4 Å². The second-order valence-corrected chi connectivity index (χ2v) is 5.94. The molecule has 0 aromatic carbocycles. The van der Waals surface area contributed by atoms with Crippen LogP contribution in [0, 0.1) is 0 Å². The maximum absolute atomic E-state index is 12.3. The zero-order chi connectivity index (χ0) is 13.7. The third-order valence-corrected chi connectivity index (χ3v) is 4.48. The Labute approximate surface area is 116 Å². The van der Waals surface area contributed by atoms with E-state index < -0.39 is 5.54 Å². The molecule has 0 radical (unpaired) electrons. The summed E-state index contributed by atoms with van der Waals surface area (Å²) in [5.74, 6) is -0.108. The number of nitrogens with one attached hydrogen (secondary N) is 1. The highest BCUT2D eigenvalue weighted by molar-refractivity contribution is 5.81. The number of carbonyl (C=O) groups is 1. The molecule has 19 heavy (non-hydrogen) atoms. The van der Waals surface area contributed by atoms with Gasteiger partial charge in [-0.2, -0.15) is 0 Å². The second-order valence-electron chi connectivity index (χ2n) is 5.94. The first kappa shape index (κ1) is 14.8.